The highest BCUT2D eigenvalue weighted by atomic mass is 14.1. The van der Waals surface area contributed by atoms with Gasteiger partial charge in [-0.25, -0.2) is 0 Å². The molecule has 0 aliphatic rings. The molecule has 0 aliphatic heterocycles. The predicted octanol–water partition coefficient (Wildman–Crippen LogP) is 9.63. The summed E-state index contributed by atoms with van der Waals surface area (Å²) in [6.45, 7) is 0. The number of hydrogen-bond acceptors (Lipinski definition) is 0. The Labute approximate surface area is 198 Å². The second-order valence-corrected chi connectivity index (χ2v) is 9.03. The fraction of sp³-hybridized carbons (Fsp3) is 0. The van der Waals surface area contributed by atoms with E-state index >= 15 is 0 Å². The summed E-state index contributed by atoms with van der Waals surface area (Å²) in [4.78, 5) is 0. The second kappa shape index (κ2) is 7.57. The number of fused-ring (bicyclic) bond motifs is 6. The molecule has 7 rings (SSSR count). The van der Waals surface area contributed by atoms with E-state index in [0.717, 1.165) is 0 Å². The molecule has 0 spiro atoms. The quantitative estimate of drug-likeness (QED) is 0.189. The number of rotatable bonds is 2. The molecule has 0 atom stereocenters. The molecule has 158 valence electrons. The Morgan fingerprint density at radius 3 is 1.03 bits per heavy atom. The van der Waals surface area contributed by atoms with E-state index in [9.17, 15) is 0 Å². The lowest BCUT2D eigenvalue weighted by Gasteiger charge is -2.11. The van der Waals surface area contributed by atoms with Gasteiger partial charge in [-0.2, -0.15) is 0 Å². The van der Waals surface area contributed by atoms with Crippen LogP contribution in [0.5, 0.6) is 0 Å². The molecule has 0 heterocycles. The fourth-order valence-corrected chi connectivity index (χ4v) is 5.25. The Balaban J connectivity index is 1.41. The Bertz CT molecular complexity index is 1690. The van der Waals surface area contributed by atoms with Gasteiger partial charge in [-0.1, -0.05) is 109 Å². The Kier molecular flexibility index (Phi) is 4.25. The summed E-state index contributed by atoms with van der Waals surface area (Å²) in [6, 6.07) is 48.6. The van der Waals surface area contributed by atoms with Crippen molar-refractivity contribution < 1.29 is 0 Å². The molecule has 0 unspecified atom stereocenters. The van der Waals surface area contributed by atoms with Crippen molar-refractivity contribution >= 4 is 43.1 Å². The van der Waals surface area contributed by atoms with Crippen LogP contribution in [0.15, 0.2) is 133 Å². The van der Waals surface area contributed by atoms with Gasteiger partial charge in [0.25, 0.3) is 0 Å². The zero-order chi connectivity index (χ0) is 22.5. The largest absolute Gasteiger partial charge is 0.0622 e. The van der Waals surface area contributed by atoms with Gasteiger partial charge in [0.2, 0.25) is 0 Å². The molecule has 0 heteroatoms. The summed E-state index contributed by atoms with van der Waals surface area (Å²) in [5.41, 5.74) is 5.02. The minimum atomic E-state index is 1.25. The van der Waals surface area contributed by atoms with Crippen molar-refractivity contribution in [3.8, 4) is 22.3 Å². The highest BCUT2D eigenvalue weighted by molar-refractivity contribution is 6.17. The van der Waals surface area contributed by atoms with E-state index in [0.29, 0.717) is 0 Å². The summed E-state index contributed by atoms with van der Waals surface area (Å²) < 4.78 is 0. The van der Waals surface area contributed by atoms with Crippen LogP contribution in [-0.2, 0) is 0 Å². The van der Waals surface area contributed by atoms with Crippen molar-refractivity contribution in [3.63, 3.8) is 0 Å². The van der Waals surface area contributed by atoms with E-state index in [1.165, 1.54) is 65.3 Å². The van der Waals surface area contributed by atoms with Crippen molar-refractivity contribution in [3.05, 3.63) is 133 Å². The average Bonchev–Trinajstić information content (AvgIpc) is 2.92. The maximum absolute atomic E-state index is 2.36. The molecule has 0 nitrogen and oxygen atoms in total. The van der Waals surface area contributed by atoms with E-state index in [1.807, 2.05) is 0 Å². The first-order valence-electron chi connectivity index (χ1n) is 11.8. The van der Waals surface area contributed by atoms with Crippen molar-refractivity contribution in [1.82, 2.24) is 0 Å². The average molecular weight is 431 g/mol. The van der Waals surface area contributed by atoms with Crippen LogP contribution in [0, 0.1) is 0 Å². The minimum absolute atomic E-state index is 1.25. The lowest BCUT2D eigenvalue weighted by atomic mass is 9.93. The van der Waals surface area contributed by atoms with Gasteiger partial charge in [0.1, 0.15) is 0 Å². The third kappa shape index (κ3) is 3.08. The monoisotopic (exact) mass is 430 g/mol. The van der Waals surface area contributed by atoms with E-state index in [2.05, 4.69) is 133 Å². The molecule has 0 bridgehead atoms. The van der Waals surface area contributed by atoms with Crippen LogP contribution in [0.4, 0.5) is 0 Å². The van der Waals surface area contributed by atoms with E-state index < -0.39 is 0 Å². The normalized spacial score (nSPS) is 11.5. The molecule has 0 radical (unpaired) electrons. The van der Waals surface area contributed by atoms with Crippen LogP contribution in [-0.4, -0.2) is 0 Å². The lowest BCUT2D eigenvalue weighted by Crippen LogP contribution is -1.84. The maximum atomic E-state index is 2.36. The third-order valence-electron chi connectivity index (χ3n) is 7.00. The molecular formula is C34H22. The standard InChI is InChI=1S/C34H22/c1-3-7-23(8-4-1)25-15-17-31-27(19-25)11-13-29-22-34-30(21-33(29)31)14-12-28-20-26(16-18-32(28)34)24-9-5-2-6-10-24/h1-22H. The molecule has 0 N–H and O–H groups in total. The van der Waals surface area contributed by atoms with Crippen LogP contribution in [0.25, 0.3) is 65.3 Å². The van der Waals surface area contributed by atoms with E-state index in [4.69, 9.17) is 0 Å². The van der Waals surface area contributed by atoms with Crippen molar-refractivity contribution in [2.24, 2.45) is 0 Å². The topological polar surface area (TPSA) is 0 Å². The smallest absolute Gasteiger partial charge is 0.00990 e. The summed E-state index contributed by atoms with van der Waals surface area (Å²) in [7, 11) is 0. The lowest BCUT2D eigenvalue weighted by molar-refractivity contribution is 1.65. The van der Waals surface area contributed by atoms with E-state index in [-0.39, 0.29) is 0 Å². The second-order valence-electron chi connectivity index (χ2n) is 9.03. The first-order chi connectivity index (χ1) is 16.8. The first-order valence-corrected chi connectivity index (χ1v) is 11.8. The number of benzene rings is 7. The Morgan fingerprint density at radius 1 is 0.235 bits per heavy atom. The molecular weight excluding hydrogens is 408 g/mol. The van der Waals surface area contributed by atoms with Crippen molar-refractivity contribution in [1.29, 1.82) is 0 Å². The molecule has 0 saturated carbocycles. The van der Waals surface area contributed by atoms with Crippen LogP contribution in [0.2, 0.25) is 0 Å². The molecule has 0 aliphatic carbocycles. The Hall–Kier alpha value is -4.42. The van der Waals surface area contributed by atoms with Gasteiger partial charge in [0.05, 0.1) is 0 Å². The van der Waals surface area contributed by atoms with Crippen molar-refractivity contribution in [2.45, 2.75) is 0 Å². The SMILES string of the molecule is c1ccc(-c2ccc3c(ccc4cc5c(ccc6cc(-c7ccccc7)ccc65)cc43)c2)cc1. The van der Waals surface area contributed by atoms with Gasteiger partial charge in [-0.3, -0.25) is 0 Å². The van der Waals surface area contributed by atoms with Gasteiger partial charge in [-0.05, 0) is 89.6 Å². The molecule has 0 amide bonds. The van der Waals surface area contributed by atoms with Gasteiger partial charge in [0, 0.05) is 0 Å². The summed E-state index contributed by atoms with van der Waals surface area (Å²) in [6.07, 6.45) is 0. The van der Waals surface area contributed by atoms with Crippen molar-refractivity contribution in [2.75, 3.05) is 0 Å². The Morgan fingerprint density at radius 2 is 0.618 bits per heavy atom. The molecule has 7 aromatic rings. The van der Waals surface area contributed by atoms with Crippen LogP contribution >= 0.6 is 0 Å². The fourth-order valence-electron chi connectivity index (χ4n) is 5.25. The summed E-state index contributed by atoms with van der Waals surface area (Å²) in [5, 5.41) is 10.4. The number of hydrogen-bond donors (Lipinski definition) is 0. The first kappa shape index (κ1) is 19.1. The van der Waals surface area contributed by atoms with Gasteiger partial charge in [0.15, 0.2) is 0 Å². The van der Waals surface area contributed by atoms with Crippen LogP contribution in [0.3, 0.4) is 0 Å². The summed E-state index contributed by atoms with van der Waals surface area (Å²) >= 11 is 0. The highest BCUT2D eigenvalue weighted by Gasteiger charge is 2.08. The third-order valence-corrected chi connectivity index (χ3v) is 7.00. The summed E-state index contributed by atoms with van der Waals surface area (Å²) in [5.74, 6) is 0. The van der Waals surface area contributed by atoms with Gasteiger partial charge in [-0.15, -0.1) is 0 Å². The maximum Gasteiger partial charge on any atom is -0.00990 e. The van der Waals surface area contributed by atoms with Gasteiger partial charge < -0.3 is 0 Å². The van der Waals surface area contributed by atoms with Gasteiger partial charge >= 0.3 is 0 Å². The molecule has 0 saturated heterocycles. The molecule has 34 heavy (non-hydrogen) atoms. The zero-order valence-electron chi connectivity index (χ0n) is 18.7. The minimum Gasteiger partial charge on any atom is -0.0622 e. The molecule has 0 aromatic heterocycles. The van der Waals surface area contributed by atoms with E-state index in [1.54, 1.807) is 0 Å². The molecule has 0 fully saturated rings. The highest BCUT2D eigenvalue weighted by Crippen LogP contribution is 2.35. The zero-order valence-corrected chi connectivity index (χ0v) is 18.7. The van der Waals surface area contributed by atoms with Crippen LogP contribution in [0.1, 0.15) is 0 Å². The van der Waals surface area contributed by atoms with Crippen LogP contribution < -0.4 is 0 Å². The molecule has 7 aromatic carbocycles. The predicted molar refractivity (Wildman–Crippen MR) is 147 cm³/mol.